The Hall–Kier alpha value is -4.58. The molecule has 168 valence electrons. The van der Waals surface area contributed by atoms with Gasteiger partial charge in [-0.3, -0.25) is 0 Å². The maximum atomic E-state index is 9.59. The summed E-state index contributed by atoms with van der Waals surface area (Å²) < 4.78 is 3.91. The van der Waals surface area contributed by atoms with Crippen LogP contribution in [0.25, 0.3) is 39.2 Å². The minimum Gasteiger partial charge on any atom is -0.368 e. The van der Waals surface area contributed by atoms with Crippen LogP contribution in [0.3, 0.4) is 0 Å². The van der Waals surface area contributed by atoms with Gasteiger partial charge in [-0.2, -0.15) is 10.4 Å². The lowest BCUT2D eigenvalue weighted by Gasteiger charge is -2.25. The van der Waals surface area contributed by atoms with Gasteiger partial charge in [-0.1, -0.05) is 6.07 Å². The van der Waals surface area contributed by atoms with Gasteiger partial charge in [-0.05, 0) is 63.6 Å². The molecule has 0 spiro atoms. The van der Waals surface area contributed by atoms with Crippen LogP contribution < -0.4 is 5.73 Å². The average molecular weight is 450 g/mol. The van der Waals surface area contributed by atoms with Crippen LogP contribution in [0.1, 0.15) is 32.2 Å². The highest BCUT2D eigenvalue weighted by atomic mass is 15.3. The Morgan fingerprint density at radius 1 is 0.971 bits per heavy atom. The first-order valence-electron chi connectivity index (χ1n) is 10.8. The van der Waals surface area contributed by atoms with Crippen LogP contribution in [0, 0.1) is 18.3 Å². The highest BCUT2D eigenvalue weighted by molar-refractivity contribution is 5.87. The number of nitriles is 1. The van der Waals surface area contributed by atoms with Gasteiger partial charge in [0.1, 0.15) is 18.0 Å². The number of aromatic nitrogens is 7. The Morgan fingerprint density at radius 2 is 1.74 bits per heavy atom. The molecule has 2 aromatic carbocycles. The van der Waals surface area contributed by atoms with Gasteiger partial charge in [0.25, 0.3) is 0 Å². The van der Waals surface area contributed by atoms with Gasteiger partial charge >= 0.3 is 0 Å². The number of imidazole rings is 1. The molecule has 3 aromatic heterocycles. The number of benzene rings is 2. The quantitative estimate of drug-likeness (QED) is 0.436. The number of hydrogen-bond acceptors (Lipinski definition) is 7. The van der Waals surface area contributed by atoms with Gasteiger partial charge in [-0.15, -0.1) is 0 Å². The van der Waals surface area contributed by atoms with E-state index in [2.05, 4.69) is 57.5 Å². The van der Waals surface area contributed by atoms with Gasteiger partial charge in [0.2, 0.25) is 5.95 Å². The van der Waals surface area contributed by atoms with Crippen molar-refractivity contribution < 1.29 is 0 Å². The molecule has 0 bridgehead atoms. The van der Waals surface area contributed by atoms with Crippen LogP contribution in [0.5, 0.6) is 0 Å². The second-order valence-corrected chi connectivity index (χ2v) is 9.06. The van der Waals surface area contributed by atoms with Crippen molar-refractivity contribution in [2.24, 2.45) is 0 Å². The van der Waals surface area contributed by atoms with Crippen LogP contribution >= 0.6 is 0 Å². The molecular weight excluding hydrogens is 426 g/mol. The lowest BCUT2D eigenvalue weighted by molar-refractivity contribution is 0.413. The van der Waals surface area contributed by atoms with Crippen molar-refractivity contribution in [2.75, 3.05) is 5.73 Å². The highest BCUT2D eigenvalue weighted by Gasteiger charge is 2.25. The minimum atomic E-state index is -0.284. The van der Waals surface area contributed by atoms with E-state index in [0.29, 0.717) is 11.4 Å². The molecule has 0 fully saturated rings. The van der Waals surface area contributed by atoms with Gasteiger partial charge < -0.3 is 10.3 Å². The molecule has 2 N–H and O–H groups in total. The van der Waals surface area contributed by atoms with Gasteiger partial charge in [0.15, 0.2) is 0 Å². The number of nitrogens with two attached hydrogens (primary N) is 1. The molecule has 0 unspecified atom stereocenters. The predicted octanol–water partition coefficient (Wildman–Crippen LogP) is 4.26. The molecule has 5 aromatic rings. The molecule has 0 saturated heterocycles. The molecule has 9 heteroatoms. The average Bonchev–Trinajstić information content (AvgIpc) is 3.42. The third kappa shape index (κ3) is 3.65. The fraction of sp³-hybridized carbons (Fsp3) is 0.200. The monoisotopic (exact) mass is 449 g/mol. The summed E-state index contributed by atoms with van der Waals surface area (Å²) in [6, 6.07) is 13.8. The van der Waals surface area contributed by atoms with E-state index in [1.54, 1.807) is 29.5 Å². The minimum absolute atomic E-state index is 0.234. The Kier molecular flexibility index (Phi) is 4.87. The van der Waals surface area contributed by atoms with E-state index >= 15 is 0 Å². The van der Waals surface area contributed by atoms with Crippen LogP contribution in [0.4, 0.5) is 5.95 Å². The lowest BCUT2D eigenvalue weighted by atomic mass is 10.0. The zero-order chi connectivity index (χ0) is 24.0. The van der Waals surface area contributed by atoms with Crippen LogP contribution in [-0.4, -0.2) is 34.3 Å². The molecule has 9 nitrogen and oxygen atoms in total. The fourth-order valence-corrected chi connectivity index (χ4v) is 4.05. The zero-order valence-corrected chi connectivity index (χ0v) is 19.4. The molecule has 0 saturated carbocycles. The van der Waals surface area contributed by atoms with E-state index in [1.807, 2.05) is 31.2 Å². The summed E-state index contributed by atoms with van der Waals surface area (Å²) in [5.74, 6) is 1.64. The molecule has 3 heterocycles. The summed E-state index contributed by atoms with van der Waals surface area (Å²) in [5.41, 5.74) is 11.1. The van der Waals surface area contributed by atoms with Crippen LogP contribution in [-0.2, 0) is 5.54 Å². The standard InChI is InChI=1S/C25H23N9/c1-15-30-14-33(32-15)21-7-5-16(11-26)9-19(21)23-31-20-10-17(18-12-28-24(27)29-13-18)6-8-22(20)34(23)25(2,3)4/h5-10,12-14H,1-4H3,(H2,27,28,29). The molecule has 0 radical (unpaired) electrons. The smallest absolute Gasteiger partial charge is 0.219 e. The number of nitrogen functional groups attached to an aromatic ring is 1. The summed E-state index contributed by atoms with van der Waals surface area (Å²) in [4.78, 5) is 17.5. The van der Waals surface area contributed by atoms with E-state index < -0.39 is 0 Å². The molecule has 0 aliphatic carbocycles. The number of rotatable bonds is 3. The highest BCUT2D eigenvalue weighted by Crippen LogP contribution is 2.36. The first-order chi connectivity index (χ1) is 16.2. The van der Waals surface area contributed by atoms with E-state index in [-0.39, 0.29) is 11.5 Å². The molecule has 5 rings (SSSR count). The Bertz CT molecular complexity index is 1560. The molecule has 34 heavy (non-hydrogen) atoms. The lowest BCUT2D eigenvalue weighted by Crippen LogP contribution is -2.23. The summed E-state index contributed by atoms with van der Waals surface area (Å²) in [7, 11) is 0. The third-order valence-electron chi connectivity index (χ3n) is 5.55. The number of fused-ring (bicyclic) bond motifs is 1. The van der Waals surface area contributed by atoms with Gasteiger partial charge in [-0.25, -0.2) is 24.6 Å². The van der Waals surface area contributed by atoms with E-state index in [1.165, 1.54) is 0 Å². The summed E-state index contributed by atoms with van der Waals surface area (Å²) >= 11 is 0. The number of nitrogens with zero attached hydrogens (tertiary/aromatic N) is 8. The SMILES string of the molecule is Cc1ncn(-c2ccc(C#N)cc2-c2nc3cc(-c4cnc(N)nc4)ccc3n2C(C)(C)C)n1. The van der Waals surface area contributed by atoms with Crippen molar-refractivity contribution in [2.45, 2.75) is 33.2 Å². The maximum Gasteiger partial charge on any atom is 0.219 e. The first kappa shape index (κ1) is 21.3. The molecule has 0 aliphatic heterocycles. The summed E-state index contributed by atoms with van der Waals surface area (Å²) in [6.45, 7) is 8.24. The topological polar surface area (TPSA) is 124 Å². The van der Waals surface area contributed by atoms with Crippen molar-refractivity contribution >= 4 is 17.0 Å². The molecular formula is C25H23N9. The Morgan fingerprint density at radius 3 is 2.38 bits per heavy atom. The fourth-order valence-electron chi connectivity index (χ4n) is 4.05. The molecule has 0 atom stereocenters. The van der Waals surface area contributed by atoms with Crippen LogP contribution in [0.2, 0.25) is 0 Å². The van der Waals surface area contributed by atoms with Crippen molar-refractivity contribution in [1.29, 1.82) is 5.26 Å². The van der Waals surface area contributed by atoms with E-state index in [0.717, 1.165) is 39.2 Å². The summed E-state index contributed by atoms with van der Waals surface area (Å²) in [5, 5.41) is 14.1. The maximum absolute atomic E-state index is 9.59. The second kappa shape index (κ2) is 7.78. The summed E-state index contributed by atoms with van der Waals surface area (Å²) in [6.07, 6.45) is 5.07. The number of hydrogen-bond donors (Lipinski definition) is 1. The first-order valence-corrected chi connectivity index (χ1v) is 10.8. The largest absolute Gasteiger partial charge is 0.368 e. The second-order valence-electron chi connectivity index (χ2n) is 9.06. The van der Waals surface area contributed by atoms with E-state index in [9.17, 15) is 5.26 Å². The zero-order valence-electron chi connectivity index (χ0n) is 19.4. The number of aryl methyl sites for hydroxylation is 1. The Labute approximate surface area is 196 Å². The Balaban J connectivity index is 1.78. The van der Waals surface area contributed by atoms with Crippen molar-refractivity contribution in [3.05, 3.63) is 66.5 Å². The van der Waals surface area contributed by atoms with Crippen molar-refractivity contribution in [3.8, 4) is 34.3 Å². The number of anilines is 1. The predicted molar refractivity (Wildman–Crippen MR) is 130 cm³/mol. The molecule has 0 amide bonds. The van der Waals surface area contributed by atoms with Crippen molar-refractivity contribution in [1.82, 2.24) is 34.3 Å². The van der Waals surface area contributed by atoms with E-state index in [4.69, 9.17) is 10.7 Å². The van der Waals surface area contributed by atoms with Crippen molar-refractivity contribution in [3.63, 3.8) is 0 Å². The normalized spacial score (nSPS) is 11.6. The third-order valence-corrected chi connectivity index (χ3v) is 5.55. The van der Waals surface area contributed by atoms with Gasteiger partial charge in [0.05, 0.1) is 28.4 Å². The molecule has 0 aliphatic rings. The van der Waals surface area contributed by atoms with Crippen LogP contribution in [0.15, 0.2) is 55.1 Å². The van der Waals surface area contributed by atoms with Gasteiger partial charge in [0, 0.05) is 29.1 Å².